The van der Waals surface area contributed by atoms with E-state index in [1.807, 2.05) is 32.3 Å². The van der Waals surface area contributed by atoms with Gasteiger partial charge in [-0.15, -0.1) is 0 Å². The maximum atomic E-state index is 12.2. The summed E-state index contributed by atoms with van der Waals surface area (Å²) in [5, 5.41) is 17.9. The number of thiophene rings is 1. The molecule has 1 amide bonds. The molecule has 0 saturated carbocycles. The highest BCUT2D eigenvalue weighted by atomic mass is 32.1. The molecule has 1 unspecified atom stereocenters. The molecule has 0 aliphatic carbocycles. The van der Waals surface area contributed by atoms with Crippen molar-refractivity contribution >= 4 is 28.6 Å². The highest BCUT2D eigenvalue weighted by molar-refractivity contribution is 7.07. The Morgan fingerprint density at radius 3 is 2.65 bits per heavy atom. The summed E-state index contributed by atoms with van der Waals surface area (Å²) in [6.45, 7) is 4.67. The van der Waals surface area contributed by atoms with Gasteiger partial charge in [-0.05, 0) is 47.9 Å². The van der Waals surface area contributed by atoms with Gasteiger partial charge in [0.25, 0.3) is 11.6 Å². The molecule has 122 valence electrons. The minimum atomic E-state index is -0.468. The van der Waals surface area contributed by atoms with Crippen LogP contribution in [-0.4, -0.2) is 24.4 Å². The summed E-state index contributed by atoms with van der Waals surface area (Å²) in [7, 11) is 1.92. The maximum absolute atomic E-state index is 12.2. The summed E-state index contributed by atoms with van der Waals surface area (Å²) in [5.74, 6) is -0.232. The van der Waals surface area contributed by atoms with Gasteiger partial charge in [0.15, 0.2) is 6.54 Å². The zero-order chi connectivity index (χ0) is 17.0. The van der Waals surface area contributed by atoms with Crippen molar-refractivity contribution in [2.24, 2.45) is 0 Å². The van der Waals surface area contributed by atoms with Gasteiger partial charge in [-0.2, -0.15) is 11.3 Å². The summed E-state index contributed by atoms with van der Waals surface area (Å²) in [4.78, 5) is 23.9. The summed E-state index contributed by atoms with van der Waals surface area (Å²) >= 11 is 1.62. The van der Waals surface area contributed by atoms with Crippen molar-refractivity contribution in [1.82, 2.24) is 0 Å². The van der Waals surface area contributed by atoms with Crippen LogP contribution < -0.4 is 10.2 Å². The minimum Gasteiger partial charge on any atom is -0.326 e. The molecule has 0 aliphatic rings. The van der Waals surface area contributed by atoms with Crippen LogP contribution in [0.1, 0.15) is 16.7 Å². The highest BCUT2D eigenvalue weighted by Crippen LogP contribution is 2.27. The van der Waals surface area contributed by atoms with E-state index in [1.54, 1.807) is 17.4 Å². The lowest BCUT2D eigenvalue weighted by atomic mass is 10.1. The molecule has 0 spiro atoms. The van der Waals surface area contributed by atoms with E-state index in [2.05, 4.69) is 10.7 Å². The lowest BCUT2D eigenvalue weighted by Crippen LogP contribution is -3.08. The van der Waals surface area contributed by atoms with Crippen LogP contribution in [0.4, 0.5) is 11.4 Å². The summed E-state index contributed by atoms with van der Waals surface area (Å²) in [5.41, 5.74) is 3.10. The lowest BCUT2D eigenvalue weighted by molar-refractivity contribution is -0.885. The second-order valence-corrected chi connectivity index (χ2v) is 6.48. The number of amides is 1. The summed E-state index contributed by atoms with van der Waals surface area (Å²) < 4.78 is 0. The van der Waals surface area contributed by atoms with E-state index in [0.29, 0.717) is 0 Å². The molecule has 7 heteroatoms. The summed E-state index contributed by atoms with van der Waals surface area (Å²) in [6, 6.07) is 5.17. The van der Waals surface area contributed by atoms with Crippen LogP contribution in [0.15, 0.2) is 29.0 Å². The molecule has 0 fully saturated rings. The molecule has 2 rings (SSSR count). The number of nitro benzene ring substituents is 1. The average molecular weight is 334 g/mol. The predicted octanol–water partition coefficient (Wildman–Crippen LogP) is 1.93. The van der Waals surface area contributed by atoms with Crippen molar-refractivity contribution < 1.29 is 14.6 Å². The number of hydrogen-bond acceptors (Lipinski definition) is 4. The number of carbonyl (C=O) groups excluding carboxylic acids is 1. The Morgan fingerprint density at radius 2 is 2.04 bits per heavy atom. The third-order valence-electron chi connectivity index (χ3n) is 3.63. The van der Waals surface area contributed by atoms with Crippen molar-refractivity contribution in [3.63, 3.8) is 0 Å². The fourth-order valence-corrected chi connectivity index (χ4v) is 2.99. The first kappa shape index (κ1) is 17.1. The number of benzene rings is 1. The fourth-order valence-electron chi connectivity index (χ4n) is 2.32. The van der Waals surface area contributed by atoms with Crippen LogP contribution in [0.2, 0.25) is 0 Å². The van der Waals surface area contributed by atoms with Gasteiger partial charge in [0.1, 0.15) is 12.2 Å². The van der Waals surface area contributed by atoms with Crippen LogP contribution in [0, 0.1) is 24.0 Å². The first-order chi connectivity index (χ1) is 10.9. The number of hydrogen-bond donors (Lipinski definition) is 2. The molecule has 2 N–H and O–H groups in total. The molecule has 6 nitrogen and oxygen atoms in total. The van der Waals surface area contributed by atoms with Gasteiger partial charge in [-0.25, -0.2) is 0 Å². The van der Waals surface area contributed by atoms with E-state index in [-0.39, 0.29) is 23.8 Å². The molecule has 1 heterocycles. The Kier molecular flexibility index (Phi) is 5.46. The molecule has 0 aliphatic heterocycles. The number of nitrogens with one attached hydrogen (secondary N) is 2. The van der Waals surface area contributed by atoms with E-state index in [4.69, 9.17) is 0 Å². The van der Waals surface area contributed by atoms with Crippen LogP contribution in [0.5, 0.6) is 0 Å². The number of quaternary nitrogens is 1. The average Bonchev–Trinajstić information content (AvgIpc) is 2.94. The van der Waals surface area contributed by atoms with E-state index < -0.39 is 4.92 Å². The molecule has 1 aromatic heterocycles. The van der Waals surface area contributed by atoms with E-state index in [9.17, 15) is 14.9 Å². The molecule has 0 bridgehead atoms. The van der Waals surface area contributed by atoms with Gasteiger partial charge < -0.3 is 10.2 Å². The standard InChI is InChI=1S/C16H19N3O3S/c1-11-6-14(15(19(21)22)7-12(11)2)17-16(20)9-18(3)8-13-4-5-23-10-13/h4-7,10H,8-9H2,1-3H3,(H,17,20)/p+1. The minimum absolute atomic E-state index is 0.0723. The van der Waals surface area contributed by atoms with Gasteiger partial charge in [-0.3, -0.25) is 14.9 Å². The number of nitro groups is 1. The Morgan fingerprint density at radius 1 is 1.35 bits per heavy atom. The van der Waals surface area contributed by atoms with Gasteiger partial charge in [0.05, 0.1) is 12.0 Å². The fraction of sp³-hybridized carbons (Fsp3) is 0.312. The Bertz CT molecular complexity index is 714. The quantitative estimate of drug-likeness (QED) is 0.626. The van der Waals surface area contributed by atoms with Crippen molar-refractivity contribution in [2.45, 2.75) is 20.4 Å². The molecular weight excluding hydrogens is 314 g/mol. The zero-order valence-corrected chi connectivity index (χ0v) is 14.2. The monoisotopic (exact) mass is 334 g/mol. The third kappa shape index (κ3) is 4.61. The normalized spacial score (nSPS) is 12.0. The van der Waals surface area contributed by atoms with Crippen LogP contribution >= 0.6 is 11.3 Å². The predicted molar refractivity (Wildman–Crippen MR) is 91.0 cm³/mol. The SMILES string of the molecule is Cc1cc(NC(=O)C[NH+](C)Cc2ccsc2)c([N+](=O)[O-])cc1C. The topological polar surface area (TPSA) is 76.7 Å². The molecular formula is C16H20N3O3S+. The van der Waals surface area contributed by atoms with Crippen LogP contribution in [-0.2, 0) is 11.3 Å². The number of carbonyl (C=O) groups is 1. The lowest BCUT2D eigenvalue weighted by Gasteiger charge is -2.13. The first-order valence-corrected chi connectivity index (χ1v) is 8.19. The van der Waals surface area contributed by atoms with Crippen molar-refractivity contribution in [3.8, 4) is 0 Å². The number of nitrogens with zero attached hydrogens (tertiary/aromatic N) is 1. The third-order valence-corrected chi connectivity index (χ3v) is 4.36. The molecule has 0 radical (unpaired) electrons. The molecule has 0 saturated heterocycles. The Hall–Kier alpha value is -2.25. The van der Waals surface area contributed by atoms with Crippen LogP contribution in [0.3, 0.4) is 0 Å². The molecule has 1 atom stereocenters. The number of aryl methyl sites for hydroxylation is 2. The number of rotatable bonds is 6. The number of anilines is 1. The smallest absolute Gasteiger partial charge is 0.293 e. The second kappa shape index (κ2) is 7.34. The second-order valence-electron chi connectivity index (χ2n) is 5.70. The van der Waals surface area contributed by atoms with Crippen molar-refractivity contribution in [1.29, 1.82) is 0 Å². The maximum Gasteiger partial charge on any atom is 0.293 e. The van der Waals surface area contributed by atoms with Gasteiger partial charge in [0, 0.05) is 11.6 Å². The first-order valence-electron chi connectivity index (χ1n) is 7.24. The van der Waals surface area contributed by atoms with Gasteiger partial charge in [-0.1, -0.05) is 0 Å². The Labute approximate surface area is 138 Å². The van der Waals surface area contributed by atoms with Crippen molar-refractivity contribution in [3.05, 3.63) is 55.8 Å². The largest absolute Gasteiger partial charge is 0.326 e. The van der Waals surface area contributed by atoms with Crippen LogP contribution in [0.25, 0.3) is 0 Å². The number of likely N-dealkylation sites (N-methyl/N-ethyl adjacent to an activating group) is 1. The van der Waals surface area contributed by atoms with Gasteiger partial charge >= 0.3 is 0 Å². The van der Waals surface area contributed by atoms with E-state index in [0.717, 1.165) is 22.6 Å². The van der Waals surface area contributed by atoms with E-state index >= 15 is 0 Å². The highest BCUT2D eigenvalue weighted by Gasteiger charge is 2.19. The summed E-state index contributed by atoms with van der Waals surface area (Å²) in [6.07, 6.45) is 0. The van der Waals surface area contributed by atoms with Gasteiger partial charge in [0.2, 0.25) is 0 Å². The van der Waals surface area contributed by atoms with E-state index in [1.165, 1.54) is 11.6 Å². The van der Waals surface area contributed by atoms with Crippen molar-refractivity contribution in [2.75, 3.05) is 18.9 Å². The molecule has 1 aromatic carbocycles. The zero-order valence-electron chi connectivity index (χ0n) is 13.4. The molecule has 23 heavy (non-hydrogen) atoms. The Balaban J connectivity index is 2.05. The molecule has 2 aromatic rings.